The monoisotopic (exact) mass is 381 g/mol. The molecule has 0 fully saturated rings. The van der Waals surface area contributed by atoms with Crippen molar-refractivity contribution in [3.05, 3.63) is 58.7 Å². The highest BCUT2D eigenvalue weighted by Gasteiger charge is 2.35. The van der Waals surface area contributed by atoms with Gasteiger partial charge in [-0.05, 0) is 41.3 Å². The standard InChI is InChI=1S/C19H18F3NO4/c1-18(2,3)11-5-7-15(24)12(9-11)16(25)23-14-6-4-10(17(26)27)8-13(14)19(20,21)22/h4-9,24H,1-3H3,(H,23,25)(H,26,27). The number of aromatic hydroxyl groups is 1. The van der Waals surface area contributed by atoms with Gasteiger partial charge in [-0.3, -0.25) is 4.79 Å². The second-order valence-corrected chi connectivity index (χ2v) is 7.00. The lowest BCUT2D eigenvalue weighted by atomic mass is 9.86. The number of hydrogen-bond donors (Lipinski definition) is 3. The summed E-state index contributed by atoms with van der Waals surface area (Å²) >= 11 is 0. The molecule has 2 rings (SSSR count). The molecular formula is C19H18F3NO4. The number of nitrogens with one attached hydrogen (secondary N) is 1. The average molecular weight is 381 g/mol. The van der Waals surface area contributed by atoms with Gasteiger partial charge in [0.15, 0.2) is 0 Å². The van der Waals surface area contributed by atoms with E-state index in [0.29, 0.717) is 11.6 Å². The van der Waals surface area contributed by atoms with Crippen LogP contribution in [0.25, 0.3) is 0 Å². The Kier molecular flexibility index (Phi) is 5.21. The van der Waals surface area contributed by atoms with Gasteiger partial charge in [0.2, 0.25) is 0 Å². The van der Waals surface area contributed by atoms with Crippen LogP contribution in [0.1, 0.15) is 52.6 Å². The lowest BCUT2D eigenvalue weighted by Crippen LogP contribution is -2.19. The Morgan fingerprint density at radius 2 is 1.63 bits per heavy atom. The fourth-order valence-electron chi connectivity index (χ4n) is 2.39. The summed E-state index contributed by atoms with van der Waals surface area (Å²) in [4.78, 5) is 23.4. The van der Waals surface area contributed by atoms with E-state index < -0.39 is 34.9 Å². The summed E-state index contributed by atoms with van der Waals surface area (Å²) < 4.78 is 39.8. The topological polar surface area (TPSA) is 86.6 Å². The van der Waals surface area contributed by atoms with E-state index in [4.69, 9.17) is 5.11 Å². The molecule has 3 N–H and O–H groups in total. The molecule has 5 nitrogen and oxygen atoms in total. The normalized spacial score (nSPS) is 11.9. The van der Waals surface area contributed by atoms with Crippen LogP contribution < -0.4 is 5.32 Å². The number of alkyl halides is 3. The van der Waals surface area contributed by atoms with Crippen molar-refractivity contribution in [3.63, 3.8) is 0 Å². The van der Waals surface area contributed by atoms with Gasteiger partial charge in [0.1, 0.15) is 5.75 Å². The molecule has 0 heterocycles. The fourth-order valence-corrected chi connectivity index (χ4v) is 2.39. The van der Waals surface area contributed by atoms with Gasteiger partial charge in [-0.1, -0.05) is 26.8 Å². The Labute approximate surface area is 153 Å². The van der Waals surface area contributed by atoms with Gasteiger partial charge in [-0.2, -0.15) is 13.2 Å². The summed E-state index contributed by atoms with van der Waals surface area (Å²) in [5.41, 5.74) is -2.26. The summed E-state index contributed by atoms with van der Waals surface area (Å²) in [6, 6.07) is 6.60. The van der Waals surface area contributed by atoms with Gasteiger partial charge in [0.25, 0.3) is 5.91 Å². The van der Waals surface area contributed by atoms with E-state index in [1.165, 1.54) is 12.1 Å². The molecule has 0 aliphatic heterocycles. The van der Waals surface area contributed by atoms with Gasteiger partial charge >= 0.3 is 12.1 Å². The van der Waals surface area contributed by atoms with Crippen molar-refractivity contribution in [2.75, 3.05) is 5.32 Å². The first-order chi connectivity index (χ1) is 12.3. The lowest BCUT2D eigenvalue weighted by molar-refractivity contribution is -0.136. The molecule has 0 radical (unpaired) electrons. The quantitative estimate of drug-likeness (QED) is 0.722. The fraction of sp³-hybridized carbons (Fsp3) is 0.263. The zero-order valence-electron chi connectivity index (χ0n) is 14.8. The second kappa shape index (κ2) is 6.94. The first-order valence-corrected chi connectivity index (χ1v) is 7.90. The van der Waals surface area contributed by atoms with Crippen molar-refractivity contribution < 1.29 is 33.0 Å². The molecule has 0 atom stereocenters. The van der Waals surface area contributed by atoms with Crippen LogP contribution in [0.4, 0.5) is 18.9 Å². The Balaban J connectivity index is 2.46. The summed E-state index contributed by atoms with van der Waals surface area (Å²) in [7, 11) is 0. The summed E-state index contributed by atoms with van der Waals surface area (Å²) in [6.45, 7) is 5.65. The highest BCUT2D eigenvalue weighted by molar-refractivity contribution is 6.07. The minimum absolute atomic E-state index is 0.183. The maximum Gasteiger partial charge on any atom is 0.418 e. The van der Waals surface area contributed by atoms with Crippen LogP contribution in [0, 0.1) is 0 Å². The molecule has 0 aliphatic carbocycles. The third-order valence-electron chi connectivity index (χ3n) is 3.93. The van der Waals surface area contributed by atoms with Crippen LogP contribution in [-0.4, -0.2) is 22.1 Å². The summed E-state index contributed by atoms with van der Waals surface area (Å²) in [6.07, 6.45) is -4.87. The molecule has 144 valence electrons. The third-order valence-corrected chi connectivity index (χ3v) is 3.93. The van der Waals surface area contributed by atoms with Crippen LogP contribution in [-0.2, 0) is 11.6 Å². The van der Waals surface area contributed by atoms with Crippen molar-refractivity contribution in [1.29, 1.82) is 0 Å². The number of phenolic OH excluding ortho intramolecular Hbond substituents is 1. The Morgan fingerprint density at radius 1 is 1.00 bits per heavy atom. The molecule has 0 saturated carbocycles. The van der Waals surface area contributed by atoms with E-state index in [0.717, 1.165) is 12.1 Å². The Morgan fingerprint density at radius 3 is 2.15 bits per heavy atom. The van der Waals surface area contributed by atoms with Gasteiger partial charge in [-0.15, -0.1) is 0 Å². The number of amides is 1. The van der Waals surface area contributed by atoms with Crippen molar-refractivity contribution in [2.45, 2.75) is 32.4 Å². The van der Waals surface area contributed by atoms with E-state index in [2.05, 4.69) is 5.32 Å². The van der Waals surface area contributed by atoms with Crippen molar-refractivity contribution in [3.8, 4) is 5.75 Å². The molecule has 27 heavy (non-hydrogen) atoms. The average Bonchev–Trinajstić information content (AvgIpc) is 2.53. The van der Waals surface area contributed by atoms with Crippen LogP contribution in [0.5, 0.6) is 5.75 Å². The smallest absolute Gasteiger partial charge is 0.418 e. The maximum atomic E-state index is 13.3. The predicted molar refractivity (Wildman–Crippen MR) is 93.2 cm³/mol. The SMILES string of the molecule is CC(C)(C)c1ccc(O)c(C(=O)Nc2ccc(C(=O)O)cc2C(F)(F)F)c1. The van der Waals surface area contributed by atoms with Gasteiger partial charge < -0.3 is 15.5 Å². The molecular weight excluding hydrogens is 363 g/mol. The number of carbonyl (C=O) groups is 2. The van der Waals surface area contributed by atoms with Crippen molar-refractivity contribution in [1.82, 2.24) is 0 Å². The first-order valence-electron chi connectivity index (χ1n) is 7.90. The van der Waals surface area contributed by atoms with E-state index in [9.17, 15) is 27.9 Å². The van der Waals surface area contributed by atoms with Crippen LogP contribution in [0.3, 0.4) is 0 Å². The number of carbonyl (C=O) groups excluding carboxylic acids is 1. The lowest BCUT2D eigenvalue weighted by Gasteiger charge is -2.20. The number of aromatic carboxylic acids is 1. The molecule has 0 spiro atoms. The summed E-state index contributed by atoms with van der Waals surface area (Å²) in [5.74, 6) is -2.84. The number of carboxylic acids is 1. The van der Waals surface area contributed by atoms with Gasteiger partial charge in [0, 0.05) is 0 Å². The van der Waals surface area contributed by atoms with E-state index >= 15 is 0 Å². The zero-order valence-corrected chi connectivity index (χ0v) is 14.8. The molecule has 0 bridgehead atoms. The van der Waals surface area contributed by atoms with Gasteiger partial charge in [-0.25, -0.2) is 4.79 Å². The van der Waals surface area contributed by atoms with E-state index in [1.54, 1.807) is 6.07 Å². The van der Waals surface area contributed by atoms with Crippen molar-refractivity contribution in [2.24, 2.45) is 0 Å². The molecule has 8 heteroatoms. The molecule has 0 saturated heterocycles. The predicted octanol–water partition coefficient (Wildman–Crippen LogP) is 4.66. The molecule has 1 amide bonds. The minimum atomic E-state index is -4.87. The molecule has 2 aromatic carbocycles. The van der Waals surface area contributed by atoms with Crippen LogP contribution in [0.2, 0.25) is 0 Å². The maximum absolute atomic E-state index is 13.3. The number of hydrogen-bond acceptors (Lipinski definition) is 3. The largest absolute Gasteiger partial charge is 0.507 e. The number of rotatable bonds is 3. The number of halogens is 3. The molecule has 0 aromatic heterocycles. The third kappa shape index (κ3) is 4.58. The van der Waals surface area contributed by atoms with Crippen LogP contribution >= 0.6 is 0 Å². The zero-order chi connectivity index (χ0) is 20.6. The first kappa shape index (κ1) is 20.3. The summed E-state index contributed by atoms with van der Waals surface area (Å²) in [5, 5.41) is 20.9. The number of carboxylic acid groups (broad SMARTS) is 1. The highest BCUT2D eigenvalue weighted by atomic mass is 19.4. The second-order valence-electron chi connectivity index (χ2n) is 7.00. The Bertz CT molecular complexity index is 899. The van der Waals surface area contributed by atoms with Crippen LogP contribution in [0.15, 0.2) is 36.4 Å². The number of phenols is 1. The highest BCUT2D eigenvalue weighted by Crippen LogP contribution is 2.36. The Hall–Kier alpha value is -3.03. The number of anilines is 1. The minimum Gasteiger partial charge on any atom is -0.507 e. The molecule has 0 aliphatic rings. The number of benzene rings is 2. The molecule has 0 unspecified atom stereocenters. The molecule has 2 aromatic rings. The van der Waals surface area contributed by atoms with E-state index in [-0.39, 0.29) is 16.7 Å². The van der Waals surface area contributed by atoms with Crippen molar-refractivity contribution >= 4 is 17.6 Å². The van der Waals surface area contributed by atoms with Gasteiger partial charge in [0.05, 0.1) is 22.4 Å². The van der Waals surface area contributed by atoms with E-state index in [1.807, 2.05) is 20.8 Å².